The molecule has 3 N–H and O–H groups in total. The maximum Gasteiger partial charge on any atom is 0.138 e. The van der Waals surface area contributed by atoms with Crippen molar-refractivity contribution in [3.05, 3.63) is 23.1 Å². The molecule has 0 bridgehead atoms. The minimum absolute atomic E-state index is 0.266. The molecule has 0 radical (unpaired) electrons. The number of nitroso groups, excluding NO2 is 1. The Kier molecular flexibility index (Phi) is 5.75. The van der Waals surface area contributed by atoms with E-state index in [1.54, 1.807) is 12.1 Å². The van der Waals surface area contributed by atoms with Gasteiger partial charge in [-0.1, -0.05) is 43.2 Å². The van der Waals surface area contributed by atoms with Crippen molar-refractivity contribution in [3.63, 3.8) is 0 Å². The van der Waals surface area contributed by atoms with Gasteiger partial charge in [0.25, 0.3) is 0 Å². The standard InChI is InChI=1S/C13H17N3O2S2/c17-15-10-6-7-12(11(8-10)16-18)20-13(19)14-9-4-2-1-3-5-9/h6-9,15,17H,1-5H2,(H,14,19). The quantitative estimate of drug-likeness (QED) is 0.335. The van der Waals surface area contributed by atoms with Gasteiger partial charge in [-0.15, -0.1) is 4.91 Å². The van der Waals surface area contributed by atoms with Crippen molar-refractivity contribution in [3.8, 4) is 0 Å². The maximum atomic E-state index is 10.8. The van der Waals surface area contributed by atoms with Crippen molar-refractivity contribution >= 4 is 39.7 Å². The third-order valence-corrected chi connectivity index (χ3v) is 4.55. The van der Waals surface area contributed by atoms with Crippen molar-refractivity contribution < 1.29 is 5.21 Å². The predicted octanol–water partition coefficient (Wildman–Crippen LogP) is 4.18. The molecule has 0 aromatic heterocycles. The molecule has 1 saturated carbocycles. The molecule has 0 spiro atoms. The fourth-order valence-corrected chi connectivity index (χ4v) is 3.49. The molecular formula is C13H17N3O2S2. The Hall–Kier alpha value is -1.18. The maximum absolute atomic E-state index is 10.8. The molecule has 20 heavy (non-hydrogen) atoms. The summed E-state index contributed by atoms with van der Waals surface area (Å²) >= 11 is 6.65. The average Bonchev–Trinajstić information content (AvgIpc) is 2.48. The Morgan fingerprint density at radius 3 is 2.75 bits per heavy atom. The summed E-state index contributed by atoms with van der Waals surface area (Å²) in [6, 6.07) is 5.31. The van der Waals surface area contributed by atoms with E-state index in [1.807, 2.05) is 5.48 Å². The first kappa shape index (κ1) is 15.2. The molecule has 5 nitrogen and oxygen atoms in total. The number of nitrogens with zero attached hydrogens (tertiary/aromatic N) is 1. The van der Waals surface area contributed by atoms with E-state index in [4.69, 9.17) is 17.4 Å². The van der Waals surface area contributed by atoms with Crippen LogP contribution in [0.15, 0.2) is 28.3 Å². The van der Waals surface area contributed by atoms with Crippen LogP contribution in [0.5, 0.6) is 0 Å². The highest BCUT2D eigenvalue weighted by atomic mass is 32.2. The van der Waals surface area contributed by atoms with Crippen molar-refractivity contribution in [2.45, 2.75) is 43.0 Å². The van der Waals surface area contributed by atoms with Crippen LogP contribution in [-0.2, 0) is 0 Å². The SMILES string of the molecule is O=Nc1cc(NO)ccc1SC(=S)NC1CCCCC1. The van der Waals surface area contributed by atoms with Gasteiger partial charge < -0.3 is 5.32 Å². The van der Waals surface area contributed by atoms with Crippen molar-refractivity contribution in [1.29, 1.82) is 0 Å². The summed E-state index contributed by atoms with van der Waals surface area (Å²) in [5.74, 6) is 0. The van der Waals surface area contributed by atoms with E-state index >= 15 is 0 Å². The third kappa shape index (κ3) is 4.16. The van der Waals surface area contributed by atoms with Crippen LogP contribution >= 0.6 is 24.0 Å². The summed E-state index contributed by atoms with van der Waals surface area (Å²) in [5.41, 5.74) is 2.68. The molecule has 0 unspecified atom stereocenters. The summed E-state index contributed by atoms with van der Waals surface area (Å²) in [6.45, 7) is 0. The van der Waals surface area contributed by atoms with Crippen LogP contribution in [0.4, 0.5) is 11.4 Å². The molecule has 0 saturated heterocycles. The number of anilines is 1. The zero-order valence-corrected chi connectivity index (χ0v) is 12.6. The first-order valence-corrected chi connectivity index (χ1v) is 7.81. The first-order chi connectivity index (χ1) is 9.72. The number of benzene rings is 1. The summed E-state index contributed by atoms with van der Waals surface area (Å²) in [5, 5.41) is 15.1. The molecule has 1 aromatic rings. The predicted molar refractivity (Wildman–Crippen MR) is 85.8 cm³/mol. The molecule has 1 aliphatic carbocycles. The zero-order chi connectivity index (χ0) is 14.4. The number of thioether (sulfide) groups is 1. The molecule has 0 aliphatic heterocycles. The monoisotopic (exact) mass is 311 g/mol. The molecule has 0 amide bonds. The van der Waals surface area contributed by atoms with Gasteiger partial charge >= 0.3 is 0 Å². The lowest BCUT2D eigenvalue weighted by molar-refractivity contribution is 0.389. The van der Waals surface area contributed by atoms with Crippen LogP contribution in [0.1, 0.15) is 32.1 Å². The third-order valence-electron chi connectivity index (χ3n) is 3.32. The highest BCUT2D eigenvalue weighted by Gasteiger charge is 2.15. The fraction of sp³-hybridized carbons (Fsp3) is 0.462. The summed E-state index contributed by atoms with van der Waals surface area (Å²) in [4.78, 5) is 11.5. The minimum atomic E-state index is 0.266. The smallest absolute Gasteiger partial charge is 0.138 e. The topological polar surface area (TPSA) is 73.7 Å². The van der Waals surface area contributed by atoms with Crippen LogP contribution in [0, 0.1) is 4.91 Å². The van der Waals surface area contributed by atoms with Gasteiger partial charge in [0.15, 0.2) is 0 Å². The van der Waals surface area contributed by atoms with E-state index in [0.717, 1.165) is 12.8 Å². The second-order valence-electron chi connectivity index (χ2n) is 4.75. The molecule has 108 valence electrons. The molecule has 2 rings (SSSR count). The van der Waals surface area contributed by atoms with Gasteiger partial charge in [-0.25, -0.2) is 0 Å². The lowest BCUT2D eigenvalue weighted by atomic mass is 9.96. The van der Waals surface area contributed by atoms with Crippen LogP contribution in [0.2, 0.25) is 0 Å². The van der Waals surface area contributed by atoms with E-state index in [2.05, 4.69) is 10.5 Å². The van der Waals surface area contributed by atoms with E-state index in [0.29, 0.717) is 20.9 Å². The number of thiocarbonyl (C=S) groups is 1. The largest absolute Gasteiger partial charge is 0.368 e. The van der Waals surface area contributed by atoms with Crippen LogP contribution in [0.25, 0.3) is 0 Å². The zero-order valence-electron chi connectivity index (χ0n) is 11.0. The van der Waals surface area contributed by atoms with Crippen molar-refractivity contribution in [2.75, 3.05) is 5.48 Å². The Balaban J connectivity index is 1.97. The van der Waals surface area contributed by atoms with Gasteiger partial charge in [0.1, 0.15) is 10.0 Å². The van der Waals surface area contributed by atoms with Crippen LogP contribution < -0.4 is 10.8 Å². The molecule has 0 atom stereocenters. The Labute approximate surface area is 127 Å². The van der Waals surface area contributed by atoms with Gasteiger partial charge in [0, 0.05) is 10.9 Å². The van der Waals surface area contributed by atoms with E-state index in [9.17, 15) is 4.91 Å². The van der Waals surface area contributed by atoms with Gasteiger partial charge in [0.2, 0.25) is 0 Å². The Bertz CT molecular complexity index is 491. The van der Waals surface area contributed by atoms with Gasteiger partial charge in [-0.3, -0.25) is 10.7 Å². The molecule has 0 heterocycles. The Morgan fingerprint density at radius 1 is 1.35 bits per heavy atom. The normalized spacial score (nSPS) is 15.7. The number of hydrogen-bond acceptors (Lipinski definition) is 6. The molecule has 7 heteroatoms. The van der Waals surface area contributed by atoms with Crippen LogP contribution in [0.3, 0.4) is 0 Å². The van der Waals surface area contributed by atoms with E-state index in [1.165, 1.54) is 37.1 Å². The van der Waals surface area contributed by atoms with Crippen molar-refractivity contribution in [2.24, 2.45) is 5.18 Å². The van der Waals surface area contributed by atoms with E-state index < -0.39 is 0 Å². The second kappa shape index (κ2) is 7.56. The first-order valence-electron chi connectivity index (χ1n) is 6.59. The fourth-order valence-electron chi connectivity index (χ4n) is 2.29. The molecular weight excluding hydrogens is 294 g/mol. The number of rotatable bonds is 4. The lowest BCUT2D eigenvalue weighted by Gasteiger charge is -2.23. The lowest BCUT2D eigenvalue weighted by Crippen LogP contribution is -2.33. The van der Waals surface area contributed by atoms with Crippen molar-refractivity contribution in [1.82, 2.24) is 5.32 Å². The molecule has 1 fully saturated rings. The van der Waals surface area contributed by atoms with E-state index in [-0.39, 0.29) is 5.69 Å². The summed E-state index contributed by atoms with van der Waals surface area (Å²) < 4.78 is 0.659. The van der Waals surface area contributed by atoms with Gasteiger partial charge in [-0.2, -0.15) is 0 Å². The summed E-state index contributed by atoms with van der Waals surface area (Å²) in [6.07, 6.45) is 6.07. The van der Waals surface area contributed by atoms with Gasteiger partial charge in [0.05, 0.1) is 5.69 Å². The minimum Gasteiger partial charge on any atom is -0.368 e. The molecule has 1 aromatic carbocycles. The summed E-state index contributed by atoms with van der Waals surface area (Å²) in [7, 11) is 0. The Morgan fingerprint density at radius 2 is 2.10 bits per heavy atom. The van der Waals surface area contributed by atoms with Gasteiger partial charge in [-0.05, 0) is 36.2 Å². The number of nitrogens with one attached hydrogen (secondary N) is 2. The van der Waals surface area contributed by atoms with Crippen LogP contribution in [-0.4, -0.2) is 15.6 Å². The highest BCUT2D eigenvalue weighted by molar-refractivity contribution is 8.23. The number of hydrogen-bond donors (Lipinski definition) is 3. The second-order valence-corrected chi connectivity index (χ2v) is 6.47. The highest BCUT2D eigenvalue weighted by Crippen LogP contribution is 2.33. The molecule has 1 aliphatic rings. The average molecular weight is 311 g/mol.